The van der Waals surface area contributed by atoms with E-state index >= 15 is 0 Å². The third kappa shape index (κ3) is 5.22. The second kappa shape index (κ2) is 10.0. The number of rotatable bonds is 12. The van der Waals surface area contributed by atoms with Gasteiger partial charge in [0, 0.05) is 7.11 Å². The number of methoxy groups -OCH3 is 1. The molecule has 1 aromatic rings. The summed E-state index contributed by atoms with van der Waals surface area (Å²) < 4.78 is 207. The largest absolute Gasteiger partial charge is 0.460 e. The Hall–Kier alpha value is -1.87. The molecule has 0 aliphatic rings. The molecule has 0 aliphatic heterocycles. The molecule has 0 amide bonds. The van der Waals surface area contributed by atoms with Crippen LogP contribution in [0.15, 0.2) is 24.3 Å². The number of halogens is 15. The minimum absolute atomic E-state index is 0.126. The molecule has 0 saturated heterocycles. The van der Waals surface area contributed by atoms with Crippen molar-refractivity contribution >= 4 is 0 Å². The summed E-state index contributed by atoms with van der Waals surface area (Å²) >= 11 is 0. The van der Waals surface area contributed by atoms with Crippen LogP contribution in [0.5, 0.6) is 0 Å². The Morgan fingerprint density at radius 3 is 1.51 bits per heavy atom. The van der Waals surface area contributed by atoms with E-state index in [1.807, 2.05) is 0 Å². The molecule has 37 heavy (non-hydrogen) atoms. The lowest BCUT2D eigenvalue weighted by molar-refractivity contribution is -0.453. The smallest absolute Gasteiger partial charge is 0.374 e. The SMILES string of the molecule is CCCCc1ccccc1C(C)(CC(F)(F)C(F)(F)C(F)(F)C(F)(F)C(F)(F)C(F)(F)C(F)(F)F)OC. The summed E-state index contributed by atoms with van der Waals surface area (Å²) in [4.78, 5) is 0. The molecule has 16 heteroatoms. The predicted octanol–water partition coefficient (Wildman–Crippen LogP) is 8.66. The van der Waals surface area contributed by atoms with Gasteiger partial charge in [-0.1, -0.05) is 37.6 Å². The fraction of sp³-hybridized carbons (Fsp3) is 0.714. The van der Waals surface area contributed by atoms with Crippen molar-refractivity contribution in [2.24, 2.45) is 0 Å². The second-order valence-corrected chi connectivity index (χ2v) is 8.45. The highest BCUT2D eigenvalue weighted by molar-refractivity contribution is 5.33. The van der Waals surface area contributed by atoms with Gasteiger partial charge in [-0.3, -0.25) is 0 Å². The van der Waals surface area contributed by atoms with Crippen molar-refractivity contribution in [1.29, 1.82) is 0 Å². The van der Waals surface area contributed by atoms with Gasteiger partial charge in [0.15, 0.2) is 0 Å². The zero-order valence-corrected chi connectivity index (χ0v) is 19.2. The lowest BCUT2D eigenvalue weighted by Gasteiger charge is -2.43. The van der Waals surface area contributed by atoms with Gasteiger partial charge in [-0.15, -0.1) is 0 Å². The molecule has 0 heterocycles. The number of hydrogen-bond acceptors (Lipinski definition) is 1. The molecule has 0 fully saturated rings. The fourth-order valence-electron chi connectivity index (χ4n) is 3.43. The van der Waals surface area contributed by atoms with E-state index < -0.39 is 53.7 Å². The summed E-state index contributed by atoms with van der Waals surface area (Å²) in [6.45, 7) is 2.37. The normalized spacial score (nSPS) is 16.6. The number of alkyl halides is 15. The van der Waals surface area contributed by atoms with Crippen LogP contribution in [-0.4, -0.2) is 48.8 Å². The standard InChI is InChI=1S/C21H21F15O/c1-4-5-8-12-9-6-7-10-13(12)14(2,37-3)11-15(22,23)16(24,25)17(26,27)18(28,29)19(30,31)20(32,33)21(34,35)36/h6-7,9-10H,4-5,8,11H2,1-3H3. The maximum atomic E-state index is 14.6. The van der Waals surface area contributed by atoms with Gasteiger partial charge in [0.05, 0.1) is 12.0 Å². The minimum atomic E-state index is -8.31. The molecule has 0 spiro atoms. The number of hydrogen-bond donors (Lipinski definition) is 0. The molecule has 1 nitrogen and oxygen atoms in total. The van der Waals surface area contributed by atoms with E-state index in [-0.39, 0.29) is 17.5 Å². The maximum absolute atomic E-state index is 14.6. The van der Waals surface area contributed by atoms with E-state index in [2.05, 4.69) is 0 Å². The lowest BCUT2D eigenvalue weighted by atomic mass is 9.81. The monoisotopic (exact) mass is 574 g/mol. The van der Waals surface area contributed by atoms with Crippen LogP contribution < -0.4 is 0 Å². The van der Waals surface area contributed by atoms with Crippen molar-refractivity contribution in [2.75, 3.05) is 7.11 Å². The van der Waals surface area contributed by atoms with E-state index in [1.165, 1.54) is 18.2 Å². The van der Waals surface area contributed by atoms with E-state index in [9.17, 15) is 65.9 Å². The van der Waals surface area contributed by atoms with Gasteiger partial charge in [-0.05, 0) is 30.9 Å². The van der Waals surface area contributed by atoms with Gasteiger partial charge >= 0.3 is 41.7 Å². The number of unbranched alkanes of at least 4 members (excludes halogenated alkanes) is 1. The molecule has 0 radical (unpaired) electrons. The first-order valence-corrected chi connectivity index (χ1v) is 10.3. The number of ether oxygens (including phenoxy) is 1. The zero-order chi connectivity index (χ0) is 29.5. The Morgan fingerprint density at radius 1 is 0.649 bits per heavy atom. The quantitative estimate of drug-likeness (QED) is 0.227. The summed E-state index contributed by atoms with van der Waals surface area (Å²) in [6.07, 6.45) is -9.13. The third-order valence-electron chi connectivity index (χ3n) is 5.79. The molecule has 1 rings (SSSR count). The van der Waals surface area contributed by atoms with Crippen LogP contribution in [0, 0.1) is 0 Å². The van der Waals surface area contributed by atoms with Gasteiger partial charge in [0.25, 0.3) is 0 Å². The average molecular weight is 574 g/mol. The van der Waals surface area contributed by atoms with E-state index in [1.54, 1.807) is 6.92 Å². The molecule has 1 unspecified atom stereocenters. The molecular formula is C21H21F15O. The molecule has 1 aromatic carbocycles. The van der Waals surface area contributed by atoms with Crippen LogP contribution in [0.3, 0.4) is 0 Å². The summed E-state index contributed by atoms with van der Waals surface area (Å²) in [5.74, 6) is -46.7. The van der Waals surface area contributed by atoms with Crippen LogP contribution in [0.1, 0.15) is 44.2 Å². The van der Waals surface area contributed by atoms with E-state index in [0.717, 1.165) is 6.07 Å². The van der Waals surface area contributed by atoms with Gasteiger partial charge in [0.1, 0.15) is 0 Å². The Labute approximate surface area is 201 Å². The van der Waals surface area contributed by atoms with Gasteiger partial charge in [-0.25, -0.2) is 0 Å². The van der Waals surface area contributed by atoms with Crippen molar-refractivity contribution in [1.82, 2.24) is 0 Å². The first-order valence-electron chi connectivity index (χ1n) is 10.3. The molecular weight excluding hydrogens is 553 g/mol. The number of aryl methyl sites for hydroxylation is 1. The van der Waals surface area contributed by atoms with E-state index in [4.69, 9.17) is 4.74 Å². The zero-order valence-electron chi connectivity index (χ0n) is 19.2. The highest BCUT2D eigenvalue weighted by atomic mass is 19.4. The van der Waals surface area contributed by atoms with Gasteiger partial charge < -0.3 is 4.74 Å². The molecule has 0 aromatic heterocycles. The molecule has 0 bridgehead atoms. The van der Waals surface area contributed by atoms with Crippen LogP contribution >= 0.6 is 0 Å². The second-order valence-electron chi connectivity index (χ2n) is 8.45. The third-order valence-corrected chi connectivity index (χ3v) is 5.79. The minimum Gasteiger partial charge on any atom is -0.374 e. The van der Waals surface area contributed by atoms with Crippen LogP contribution in [0.4, 0.5) is 65.9 Å². The molecule has 216 valence electrons. The van der Waals surface area contributed by atoms with E-state index in [0.29, 0.717) is 26.9 Å². The highest BCUT2D eigenvalue weighted by Crippen LogP contribution is 2.63. The summed E-state index contributed by atoms with van der Waals surface area (Å²) in [5, 5.41) is 0. The van der Waals surface area contributed by atoms with Crippen molar-refractivity contribution in [3.63, 3.8) is 0 Å². The Morgan fingerprint density at radius 2 is 1.08 bits per heavy atom. The summed E-state index contributed by atoms with van der Waals surface area (Å²) in [7, 11) is 0.648. The van der Waals surface area contributed by atoms with Crippen molar-refractivity contribution in [2.45, 2.75) is 86.8 Å². The Balaban J connectivity index is 3.62. The van der Waals surface area contributed by atoms with Gasteiger partial charge in [0.2, 0.25) is 0 Å². The first kappa shape index (κ1) is 33.2. The van der Waals surface area contributed by atoms with Crippen molar-refractivity contribution in [3.05, 3.63) is 35.4 Å². The molecule has 0 saturated carbocycles. The summed E-state index contributed by atoms with van der Waals surface area (Å²) in [6, 6.07) is 4.95. The number of benzene rings is 1. The van der Waals surface area contributed by atoms with Crippen LogP contribution in [0.2, 0.25) is 0 Å². The predicted molar refractivity (Wildman–Crippen MR) is 99.8 cm³/mol. The average Bonchev–Trinajstić information content (AvgIpc) is 2.76. The van der Waals surface area contributed by atoms with Crippen LogP contribution in [0.25, 0.3) is 0 Å². The van der Waals surface area contributed by atoms with Crippen molar-refractivity contribution in [3.8, 4) is 0 Å². The Bertz CT molecular complexity index is 923. The molecule has 1 atom stereocenters. The van der Waals surface area contributed by atoms with Gasteiger partial charge in [-0.2, -0.15) is 65.9 Å². The lowest BCUT2D eigenvalue weighted by Crippen LogP contribution is -2.72. The molecule has 0 N–H and O–H groups in total. The summed E-state index contributed by atoms with van der Waals surface area (Å²) in [5.41, 5.74) is -2.78. The topological polar surface area (TPSA) is 9.23 Å². The fourth-order valence-corrected chi connectivity index (χ4v) is 3.43. The molecule has 0 aliphatic carbocycles. The first-order chi connectivity index (χ1) is 16.3. The van der Waals surface area contributed by atoms with Crippen LogP contribution in [-0.2, 0) is 16.8 Å². The Kier molecular flexibility index (Phi) is 8.98. The van der Waals surface area contributed by atoms with Crippen molar-refractivity contribution < 1.29 is 70.6 Å². The highest BCUT2D eigenvalue weighted by Gasteiger charge is 2.93. The maximum Gasteiger partial charge on any atom is 0.460 e.